The molecule has 2 heterocycles. The van der Waals surface area contributed by atoms with E-state index in [0.717, 1.165) is 11.4 Å². The third-order valence-corrected chi connectivity index (χ3v) is 3.09. The maximum Gasteiger partial charge on any atom is 0.159 e. The Morgan fingerprint density at radius 1 is 1.26 bits per heavy atom. The maximum atomic E-state index is 6.20. The largest absolute Gasteiger partial charge is 0.350 e. The Kier molecular flexibility index (Phi) is 3.54. The van der Waals surface area contributed by atoms with Crippen molar-refractivity contribution in [3.05, 3.63) is 42.2 Å². The maximum absolute atomic E-state index is 6.20. The number of rotatable bonds is 4. The van der Waals surface area contributed by atoms with E-state index in [0.29, 0.717) is 19.6 Å². The first-order valence-corrected chi connectivity index (χ1v) is 6.29. The standard InChI is InChI=1S/C13H16N4O2/c14-11(8-13-18-6-7-19-13)12-9-15-16-17(12)10-4-2-1-3-5-10/h1-5,9,11,13H,6-8,14H2. The summed E-state index contributed by atoms with van der Waals surface area (Å²) in [6.45, 7) is 1.27. The Bertz CT molecular complexity index is 522. The van der Waals surface area contributed by atoms with Gasteiger partial charge in [0.05, 0.1) is 36.8 Å². The normalized spacial score (nSPS) is 17.7. The summed E-state index contributed by atoms with van der Waals surface area (Å²) in [5.74, 6) is 0. The highest BCUT2D eigenvalue weighted by atomic mass is 16.7. The molecule has 1 aromatic heterocycles. The summed E-state index contributed by atoms with van der Waals surface area (Å²) in [7, 11) is 0. The van der Waals surface area contributed by atoms with E-state index in [1.54, 1.807) is 10.9 Å². The molecule has 6 nitrogen and oxygen atoms in total. The van der Waals surface area contributed by atoms with Crippen LogP contribution in [0.3, 0.4) is 0 Å². The molecule has 1 aromatic carbocycles. The molecule has 1 fully saturated rings. The number of hydrogen-bond donors (Lipinski definition) is 1. The molecule has 1 atom stereocenters. The third kappa shape index (κ3) is 2.65. The van der Waals surface area contributed by atoms with Crippen LogP contribution in [-0.4, -0.2) is 34.5 Å². The van der Waals surface area contributed by atoms with Gasteiger partial charge < -0.3 is 15.2 Å². The van der Waals surface area contributed by atoms with Gasteiger partial charge in [0.15, 0.2) is 6.29 Å². The average Bonchev–Trinajstić information content (AvgIpc) is 3.10. The minimum absolute atomic E-state index is 0.224. The highest BCUT2D eigenvalue weighted by Gasteiger charge is 2.23. The highest BCUT2D eigenvalue weighted by Crippen LogP contribution is 2.21. The molecule has 0 amide bonds. The summed E-state index contributed by atoms with van der Waals surface area (Å²) in [4.78, 5) is 0. The third-order valence-electron chi connectivity index (χ3n) is 3.09. The van der Waals surface area contributed by atoms with Gasteiger partial charge in [0.25, 0.3) is 0 Å². The van der Waals surface area contributed by atoms with Crippen molar-refractivity contribution in [2.24, 2.45) is 5.73 Å². The van der Waals surface area contributed by atoms with Crippen molar-refractivity contribution in [2.45, 2.75) is 18.8 Å². The molecule has 0 aliphatic carbocycles. The van der Waals surface area contributed by atoms with Crippen LogP contribution in [0.25, 0.3) is 5.69 Å². The highest BCUT2D eigenvalue weighted by molar-refractivity contribution is 5.32. The number of benzene rings is 1. The van der Waals surface area contributed by atoms with Gasteiger partial charge in [-0.3, -0.25) is 0 Å². The second-order valence-corrected chi connectivity index (χ2v) is 4.42. The molecule has 1 aliphatic heterocycles. The molecule has 1 unspecified atom stereocenters. The zero-order valence-electron chi connectivity index (χ0n) is 10.5. The summed E-state index contributed by atoms with van der Waals surface area (Å²) in [6.07, 6.45) is 2.06. The Balaban J connectivity index is 1.79. The van der Waals surface area contributed by atoms with Crippen molar-refractivity contribution >= 4 is 0 Å². The minimum atomic E-state index is -0.228. The lowest BCUT2D eigenvalue weighted by Crippen LogP contribution is -2.22. The Morgan fingerprint density at radius 2 is 2.00 bits per heavy atom. The van der Waals surface area contributed by atoms with Gasteiger partial charge in [-0.25, -0.2) is 4.68 Å². The first kappa shape index (κ1) is 12.3. The number of aromatic nitrogens is 3. The van der Waals surface area contributed by atoms with E-state index in [2.05, 4.69) is 10.3 Å². The molecule has 3 rings (SSSR count). The van der Waals surface area contributed by atoms with E-state index in [4.69, 9.17) is 15.2 Å². The molecule has 0 saturated carbocycles. The lowest BCUT2D eigenvalue weighted by Gasteiger charge is -2.16. The molecule has 19 heavy (non-hydrogen) atoms. The molecule has 0 bridgehead atoms. The number of ether oxygens (including phenoxy) is 2. The van der Waals surface area contributed by atoms with E-state index in [1.807, 2.05) is 30.3 Å². The predicted octanol–water partition coefficient (Wildman–Crippen LogP) is 1.03. The summed E-state index contributed by atoms with van der Waals surface area (Å²) in [5.41, 5.74) is 7.99. The van der Waals surface area contributed by atoms with Crippen molar-refractivity contribution < 1.29 is 9.47 Å². The van der Waals surface area contributed by atoms with Crippen LogP contribution in [0.15, 0.2) is 36.5 Å². The van der Waals surface area contributed by atoms with E-state index in [1.165, 1.54) is 0 Å². The minimum Gasteiger partial charge on any atom is -0.350 e. The second-order valence-electron chi connectivity index (χ2n) is 4.42. The first-order valence-electron chi connectivity index (χ1n) is 6.29. The zero-order chi connectivity index (χ0) is 13.1. The average molecular weight is 260 g/mol. The summed E-state index contributed by atoms with van der Waals surface area (Å²) >= 11 is 0. The van der Waals surface area contributed by atoms with Crippen molar-refractivity contribution in [1.82, 2.24) is 15.0 Å². The van der Waals surface area contributed by atoms with Crippen molar-refractivity contribution in [2.75, 3.05) is 13.2 Å². The molecule has 1 saturated heterocycles. The molecule has 0 radical (unpaired) electrons. The van der Waals surface area contributed by atoms with Crippen LogP contribution in [-0.2, 0) is 9.47 Å². The van der Waals surface area contributed by atoms with Gasteiger partial charge in [-0.1, -0.05) is 23.4 Å². The first-order chi connectivity index (χ1) is 9.34. The topological polar surface area (TPSA) is 75.2 Å². The summed E-state index contributed by atoms with van der Waals surface area (Å²) in [5, 5.41) is 8.03. The van der Waals surface area contributed by atoms with Crippen LogP contribution in [0.5, 0.6) is 0 Å². The number of para-hydroxylation sites is 1. The van der Waals surface area contributed by atoms with Gasteiger partial charge in [-0.05, 0) is 12.1 Å². The van der Waals surface area contributed by atoms with Crippen molar-refractivity contribution in [3.8, 4) is 5.69 Å². The molecule has 2 N–H and O–H groups in total. The lowest BCUT2D eigenvalue weighted by atomic mass is 10.1. The van der Waals surface area contributed by atoms with Gasteiger partial charge in [-0.2, -0.15) is 0 Å². The zero-order valence-corrected chi connectivity index (χ0v) is 10.5. The molecular weight excluding hydrogens is 244 g/mol. The monoisotopic (exact) mass is 260 g/mol. The number of nitrogens with two attached hydrogens (primary N) is 1. The van der Waals surface area contributed by atoms with Crippen LogP contribution in [0, 0.1) is 0 Å². The Hall–Kier alpha value is -1.76. The van der Waals surface area contributed by atoms with Crippen LogP contribution < -0.4 is 5.73 Å². The summed E-state index contributed by atoms with van der Waals surface area (Å²) in [6, 6.07) is 9.57. The van der Waals surface area contributed by atoms with Crippen LogP contribution in [0.4, 0.5) is 0 Å². The Labute approximate surface area is 111 Å². The lowest BCUT2D eigenvalue weighted by molar-refractivity contribution is -0.0510. The molecule has 6 heteroatoms. The molecule has 2 aromatic rings. The Morgan fingerprint density at radius 3 is 2.74 bits per heavy atom. The number of hydrogen-bond acceptors (Lipinski definition) is 5. The van der Waals surface area contributed by atoms with E-state index >= 15 is 0 Å². The molecule has 100 valence electrons. The van der Waals surface area contributed by atoms with Crippen LogP contribution >= 0.6 is 0 Å². The predicted molar refractivity (Wildman–Crippen MR) is 68.6 cm³/mol. The fourth-order valence-corrected chi connectivity index (χ4v) is 2.14. The van der Waals surface area contributed by atoms with E-state index < -0.39 is 0 Å². The van der Waals surface area contributed by atoms with E-state index in [9.17, 15) is 0 Å². The molecular formula is C13H16N4O2. The van der Waals surface area contributed by atoms with Gasteiger partial charge in [0, 0.05) is 6.42 Å². The van der Waals surface area contributed by atoms with E-state index in [-0.39, 0.29) is 12.3 Å². The summed E-state index contributed by atoms with van der Waals surface area (Å²) < 4.78 is 12.6. The number of nitrogens with zero attached hydrogens (tertiary/aromatic N) is 3. The van der Waals surface area contributed by atoms with Gasteiger partial charge in [0.2, 0.25) is 0 Å². The second kappa shape index (κ2) is 5.48. The van der Waals surface area contributed by atoms with Gasteiger partial charge >= 0.3 is 0 Å². The molecule has 1 aliphatic rings. The molecule has 0 spiro atoms. The van der Waals surface area contributed by atoms with Crippen molar-refractivity contribution in [1.29, 1.82) is 0 Å². The quantitative estimate of drug-likeness (QED) is 0.888. The van der Waals surface area contributed by atoms with Gasteiger partial charge in [-0.15, -0.1) is 5.10 Å². The fourth-order valence-electron chi connectivity index (χ4n) is 2.14. The van der Waals surface area contributed by atoms with Crippen LogP contribution in [0.2, 0.25) is 0 Å². The van der Waals surface area contributed by atoms with Gasteiger partial charge in [0.1, 0.15) is 0 Å². The van der Waals surface area contributed by atoms with Crippen LogP contribution in [0.1, 0.15) is 18.2 Å². The van der Waals surface area contributed by atoms with Crippen molar-refractivity contribution in [3.63, 3.8) is 0 Å². The SMILES string of the molecule is NC(CC1OCCO1)c1cnnn1-c1ccccc1. The fraction of sp³-hybridized carbons (Fsp3) is 0.385. The smallest absolute Gasteiger partial charge is 0.159 e.